The number of aliphatic hydroxyl groups excluding tert-OH is 1. The van der Waals surface area contributed by atoms with E-state index in [1.807, 2.05) is 0 Å². The number of aliphatic hydroxyl groups is 1. The summed E-state index contributed by atoms with van der Waals surface area (Å²) in [5.74, 6) is 5.31. The third-order valence-corrected chi connectivity index (χ3v) is 2.32. The Morgan fingerprint density at radius 3 is 2.36 bits per heavy atom. The third kappa shape index (κ3) is 7.76. The molecule has 1 atom stereocenters. The molecule has 0 aliphatic rings. The van der Waals surface area contributed by atoms with E-state index in [4.69, 9.17) is 34.8 Å². The van der Waals surface area contributed by atoms with Gasteiger partial charge in [0.15, 0.2) is 6.10 Å². The zero-order valence-corrected chi connectivity index (χ0v) is 10.5. The second-order valence-electron chi connectivity index (χ2n) is 3.08. The average Bonchev–Trinajstić information content (AvgIpc) is 2.09. The van der Waals surface area contributed by atoms with Crippen LogP contribution in [0.5, 0.6) is 0 Å². The summed E-state index contributed by atoms with van der Waals surface area (Å²) in [5, 5.41) is 9.22. The lowest BCUT2D eigenvalue weighted by molar-refractivity contribution is 0.237. The zero-order chi connectivity index (χ0) is 11.0. The van der Waals surface area contributed by atoms with Gasteiger partial charge in [0.1, 0.15) is 0 Å². The maximum absolute atomic E-state index is 9.22. The van der Waals surface area contributed by atoms with E-state index in [0.717, 1.165) is 19.3 Å². The highest BCUT2D eigenvalue weighted by Crippen LogP contribution is 2.29. The molecule has 0 saturated carbocycles. The Bertz CT molecular complexity index is 200. The summed E-state index contributed by atoms with van der Waals surface area (Å²) in [6.45, 7) is 2.15. The second kappa shape index (κ2) is 7.65. The molecule has 0 radical (unpaired) electrons. The Morgan fingerprint density at radius 2 is 1.86 bits per heavy atom. The van der Waals surface area contributed by atoms with Crippen LogP contribution in [0.2, 0.25) is 0 Å². The highest BCUT2D eigenvalue weighted by molar-refractivity contribution is 6.68. The van der Waals surface area contributed by atoms with Crippen LogP contribution < -0.4 is 0 Å². The molecule has 0 aliphatic heterocycles. The van der Waals surface area contributed by atoms with Crippen molar-refractivity contribution in [3.05, 3.63) is 0 Å². The molecule has 1 N–H and O–H groups in total. The Kier molecular flexibility index (Phi) is 7.86. The van der Waals surface area contributed by atoms with Crippen LogP contribution in [0.3, 0.4) is 0 Å². The molecular formula is C10H15Cl3O. The molecule has 0 aromatic rings. The summed E-state index contributed by atoms with van der Waals surface area (Å²) in [7, 11) is 0. The van der Waals surface area contributed by atoms with Crippen LogP contribution in [-0.4, -0.2) is 15.0 Å². The molecule has 1 nitrogen and oxygen atoms in total. The lowest BCUT2D eigenvalue weighted by Crippen LogP contribution is -2.22. The van der Waals surface area contributed by atoms with Gasteiger partial charge in [0.2, 0.25) is 3.79 Å². The smallest absolute Gasteiger partial charge is 0.227 e. The van der Waals surface area contributed by atoms with Gasteiger partial charge in [-0.3, -0.25) is 0 Å². The van der Waals surface area contributed by atoms with E-state index >= 15 is 0 Å². The predicted molar refractivity (Wildman–Crippen MR) is 62.8 cm³/mol. The number of rotatable bonds is 4. The van der Waals surface area contributed by atoms with Crippen LogP contribution >= 0.6 is 34.8 Å². The Labute approximate surface area is 101 Å². The molecule has 0 bridgehead atoms. The van der Waals surface area contributed by atoms with Crippen LogP contribution in [0.1, 0.15) is 39.0 Å². The Hall–Kier alpha value is 0.390. The van der Waals surface area contributed by atoms with Crippen molar-refractivity contribution in [2.75, 3.05) is 0 Å². The zero-order valence-electron chi connectivity index (χ0n) is 8.19. The van der Waals surface area contributed by atoms with E-state index in [9.17, 15) is 5.11 Å². The topological polar surface area (TPSA) is 20.2 Å². The summed E-state index contributed by atoms with van der Waals surface area (Å²) in [5.41, 5.74) is 0. The van der Waals surface area contributed by atoms with Crippen LogP contribution in [0.15, 0.2) is 0 Å². The fraction of sp³-hybridized carbons (Fsp3) is 0.800. The molecular weight excluding hydrogens is 242 g/mol. The third-order valence-electron chi connectivity index (χ3n) is 1.70. The van der Waals surface area contributed by atoms with E-state index < -0.39 is 9.90 Å². The summed E-state index contributed by atoms with van der Waals surface area (Å²) < 4.78 is -1.70. The van der Waals surface area contributed by atoms with Crippen molar-refractivity contribution in [2.24, 2.45) is 0 Å². The van der Waals surface area contributed by atoms with Gasteiger partial charge in [-0.2, -0.15) is 0 Å². The van der Waals surface area contributed by atoms with Crippen molar-refractivity contribution in [2.45, 2.75) is 48.9 Å². The van der Waals surface area contributed by atoms with Gasteiger partial charge in [-0.05, 0) is 6.42 Å². The lowest BCUT2D eigenvalue weighted by Gasteiger charge is -2.12. The number of unbranched alkanes of at least 4 members (excludes halogenated alkanes) is 4. The van der Waals surface area contributed by atoms with Gasteiger partial charge < -0.3 is 5.11 Å². The van der Waals surface area contributed by atoms with E-state index in [0.29, 0.717) is 0 Å². The molecule has 0 saturated heterocycles. The standard InChI is InChI=1S/C10H15Cl3O/c1-2-3-4-5-6-7-8-9(14)10(11,12)13/h9,14H,2-6H2,1H3. The van der Waals surface area contributed by atoms with Crippen molar-refractivity contribution >= 4 is 34.8 Å². The average molecular weight is 258 g/mol. The minimum atomic E-state index is -1.70. The minimum absolute atomic E-state index is 0.748. The first-order valence-corrected chi connectivity index (χ1v) is 5.85. The van der Waals surface area contributed by atoms with Crippen molar-refractivity contribution in [1.29, 1.82) is 0 Å². The number of halogens is 3. The number of hydrogen-bond acceptors (Lipinski definition) is 1. The van der Waals surface area contributed by atoms with E-state index in [-0.39, 0.29) is 0 Å². The predicted octanol–water partition coefficient (Wildman–Crippen LogP) is 3.69. The highest BCUT2D eigenvalue weighted by atomic mass is 35.6. The van der Waals surface area contributed by atoms with E-state index in [2.05, 4.69) is 18.8 Å². The van der Waals surface area contributed by atoms with Crippen LogP contribution in [0, 0.1) is 11.8 Å². The summed E-state index contributed by atoms with van der Waals surface area (Å²) in [6.07, 6.45) is 4.16. The minimum Gasteiger partial charge on any atom is -0.376 e. The maximum Gasteiger partial charge on any atom is 0.227 e. The number of alkyl halides is 3. The summed E-state index contributed by atoms with van der Waals surface area (Å²) in [6, 6.07) is 0. The highest BCUT2D eigenvalue weighted by Gasteiger charge is 2.28. The first-order chi connectivity index (χ1) is 6.48. The van der Waals surface area contributed by atoms with Crippen LogP contribution in [0.4, 0.5) is 0 Å². The number of hydrogen-bond donors (Lipinski definition) is 1. The molecule has 0 fully saturated rings. The van der Waals surface area contributed by atoms with Gasteiger partial charge >= 0.3 is 0 Å². The van der Waals surface area contributed by atoms with Crippen molar-refractivity contribution < 1.29 is 5.11 Å². The lowest BCUT2D eigenvalue weighted by atomic mass is 10.1. The molecule has 0 rings (SSSR count). The van der Waals surface area contributed by atoms with E-state index in [1.54, 1.807) is 0 Å². The van der Waals surface area contributed by atoms with Gasteiger partial charge in [-0.15, -0.1) is 5.92 Å². The molecule has 0 aromatic heterocycles. The van der Waals surface area contributed by atoms with Crippen molar-refractivity contribution in [3.63, 3.8) is 0 Å². The van der Waals surface area contributed by atoms with Crippen LogP contribution in [0.25, 0.3) is 0 Å². The van der Waals surface area contributed by atoms with Crippen molar-refractivity contribution in [3.8, 4) is 11.8 Å². The molecule has 1 unspecified atom stereocenters. The largest absolute Gasteiger partial charge is 0.376 e. The molecule has 14 heavy (non-hydrogen) atoms. The van der Waals surface area contributed by atoms with Gasteiger partial charge in [0.25, 0.3) is 0 Å². The summed E-state index contributed by atoms with van der Waals surface area (Å²) in [4.78, 5) is 0. The van der Waals surface area contributed by atoms with Gasteiger partial charge in [-0.25, -0.2) is 0 Å². The molecule has 0 aliphatic carbocycles. The normalized spacial score (nSPS) is 13.2. The van der Waals surface area contributed by atoms with Gasteiger partial charge in [0.05, 0.1) is 0 Å². The molecule has 82 valence electrons. The fourth-order valence-corrected chi connectivity index (χ4v) is 1.05. The SMILES string of the molecule is CCCCCCC#CC(O)C(Cl)(Cl)Cl. The molecule has 0 spiro atoms. The Morgan fingerprint density at radius 1 is 1.21 bits per heavy atom. The first kappa shape index (κ1) is 14.4. The molecule has 0 amide bonds. The summed E-state index contributed by atoms with van der Waals surface area (Å²) >= 11 is 16.3. The van der Waals surface area contributed by atoms with Gasteiger partial charge in [0, 0.05) is 6.42 Å². The molecule has 0 heterocycles. The second-order valence-corrected chi connectivity index (χ2v) is 5.44. The monoisotopic (exact) mass is 256 g/mol. The maximum atomic E-state index is 9.22. The van der Waals surface area contributed by atoms with Crippen molar-refractivity contribution in [1.82, 2.24) is 0 Å². The first-order valence-electron chi connectivity index (χ1n) is 4.71. The van der Waals surface area contributed by atoms with Gasteiger partial charge in [-0.1, -0.05) is 66.9 Å². The molecule has 4 heteroatoms. The fourth-order valence-electron chi connectivity index (χ4n) is 0.891. The quantitative estimate of drug-likeness (QED) is 0.463. The van der Waals surface area contributed by atoms with Crippen LogP contribution in [-0.2, 0) is 0 Å². The molecule has 0 aromatic carbocycles. The van der Waals surface area contributed by atoms with E-state index in [1.165, 1.54) is 12.8 Å². The Balaban J connectivity index is 3.62.